The molecule has 1 aromatic carbocycles. The molecule has 25 heavy (non-hydrogen) atoms. The summed E-state index contributed by atoms with van der Waals surface area (Å²) >= 11 is 1.71. The summed E-state index contributed by atoms with van der Waals surface area (Å²) < 4.78 is 0. The normalized spacial score (nSPS) is 14.8. The number of nitrogens with one attached hydrogen (secondary N) is 1. The van der Waals surface area contributed by atoms with Crippen LogP contribution in [0.2, 0.25) is 0 Å². The summed E-state index contributed by atoms with van der Waals surface area (Å²) in [7, 11) is 0. The summed E-state index contributed by atoms with van der Waals surface area (Å²) in [4.78, 5) is 16.0. The number of aliphatic hydroxyl groups is 1. The third-order valence-corrected chi connectivity index (χ3v) is 5.87. The number of thioether (sulfide) groups is 1. The fourth-order valence-electron chi connectivity index (χ4n) is 3.10. The van der Waals surface area contributed by atoms with Gasteiger partial charge < -0.3 is 15.3 Å². The van der Waals surface area contributed by atoms with Gasteiger partial charge in [0, 0.05) is 29.3 Å². The summed E-state index contributed by atoms with van der Waals surface area (Å²) in [6, 6.07) is 6.27. The van der Waals surface area contributed by atoms with Crippen molar-refractivity contribution in [1.29, 1.82) is 0 Å². The Balaban J connectivity index is 2.16. The molecule has 1 aliphatic rings. The quantitative estimate of drug-likeness (QED) is 0.750. The fourth-order valence-corrected chi connectivity index (χ4v) is 4.27. The van der Waals surface area contributed by atoms with Gasteiger partial charge in [0.05, 0.1) is 12.4 Å². The van der Waals surface area contributed by atoms with Crippen LogP contribution in [-0.2, 0) is 4.79 Å². The minimum Gasteiger partial charge on any atom is -0.396 e. The Morgan fingerprint density at radius 1 is 1.24 bits per heavy atom. The van der Waals surface area contributed by atoms with Crippen LogP contribution in [0, 0.1) is 0 Å². The first-order chi connectivity index (χ1) is 11.8. The second-order valence-electron chi connectivity index (χ2n) is 7.12. The van der Waals surface area contributed by atoms with E-state index in [1.54, 1.807) is 11.8 Å². The maximum Gasteiger partial charge on any atom is 0.243 e. The molecule has 0 saturated heterocycles. The van der Waals surface area contributed by atoms with Crippen molar-refractivity contribution >= 4 is 23.4 Å². The van der Waals surface area contributed by atoms with Gasteiger partial charge in [-0.2, -0.15) is 0 Å². The third kappa shape index (κ3) is 4.79. The Labute approximate surface area is 155 Å². The number of anilines is 1. The summed E-state index contributed by atoms with van der Waals surface area (Å²) in [6.45, 7) is 11.1. The van der Waals surface area contributed by atoms with Crippen molar-refractivity contribution in [2.24, 2.45) is 0 Å². The molecule has 0 spiro atoms. The van der Waals surface area contributed by atoms with E-state index in [0.29, 0.717) is 24.8 Å². The zero-order valence-electron chi connectivity index (χ0n) is 15.9. The molecule has 4 nitrogen and oxygen atoms in total. The number of nitrogens with zero attached hydrogens (tertiary/aromatic N) is 1. The van der Waals surface area contributed by atoms with E-state index in [2.05, 4.69) is 56.1 Å². The molecule has 1 amide bonds. The van der Waals surface area contributed by atoms with Crippen molar-refractivity contribution in [3.63, 3.8) is 0 Å². The van der Waals surface area contributed by atoms with Gasteiger partial charge in [-0.25, -0.2) is 0 Å². The monoisotopic (exact) mass is 362 g/mol. The number of hydrogen-bond acceptors (Lipinski definition) is 4. The van der Waals surface area contributed by atoms with Crippen LogP contribution in [-0.4, -0.2) is 34.9 Å². The van der Waals surface area contributed by atoms with Crippen molar-refractivity contribution < 1.29 is 9.90 Å². The Morgan fingerprint density at radius 3 is 2.36 bits per heavy atom. The first-order valence-corrected chi connectivity index (χ1v) is 9.94. The molecule has 0 fully saturated rings. The van der Waals surface area contributed by atoms with E-state index in [1.165, 1.54) is 16.0 Å². The SMILES string of the molecule is CC1=C(CCO)SCN1CC(=O)Nc1c(C(C)C)cccc1C(C)C. The molecule has 0 aromatic heterocycles. The van der Waals surface area contributed by atoms with Crippen LogP contribution in [0.5, 0.6) is 0 Å². The highest BCUT2D eigenvalue weighted by atomic mass is 32.2. The number of aliphatic hydroxyl groups excluding tert-OH is 1. The molecule has 0 aliphatic carbocycles. The molecular formula is C20H30N2O2S. The predicted octanol–water partition coefficient (Wildman–Crippen LogP) is 4.49. The highest BCUT2D eigenvalue weighted by molar-refractivity contribution is 8.03. The number of benzene rings is 1. The molecule has 5 heteroatoms. The van der Waals surface area contributed by atoms with Gasteiger partial charge in [-0.15, -0.1) is 11.8 Å². The van der Waals surface area contributed by atoms with Crippen molar-refractivity contribution in [2.45, 2.75) is 52.9 Å². The topological polar surface area (TPSA) is 52.6 Å². The molecule has 1 aromatic rings. The zero-order valence-corrected chi connectivity index (χ0v) is 16.7. The van der Waals surface area contributed by atoms with Crippen molar-refractivity contribution in [3.05, 3.63) is 39.9 Å². The largest absolute Gasteiger partial charge is 0.396 e. The average molecular weight is 363 g/mol. The van der Waals surface area contributed by atoms with E-state index < -0.39 is 0 Å². The molecule has 2 rings (SSSR count). The lowest BCUT2D eigenvalue weighted by molar-refractivity contribution is -0.116. The summed E-state index contributed by atoms with van der Waals surface area (Å²) in [5.74, 6) is 1.50. The van der Waals surface area contributed by atoms with Crippen molar-refractivity contribution in [3.8, 4) is 0 Å². The molecule has 0 atom stereocenters. The molecule has 1 heterocycles. The van der Waals surface area contributed by atoms with Gasteiger partial charge in [0.25, 0.3) is 0 Å². The van der Waals surface area contributed by atoms with Crippen LogP contribution < -0.4 is 5.32 Å². The van der Waals surface area contributed by atoms with Gasteiger partial charge in [-0.05, 0) is 29.9 Å². The zero-order chi connectivity index (χ0) is 18.6. The Kier molecular flexibility index (Phi) is 6.96. The van der Waals surface area contributed by atoms with Gasteiger partial charge in [0.1, 0.15) is 0 Å². The van der Waals surface area contributed by atoms with E-state index in [9.17, 15) is 4.79 Å². The van der Waals surface area contributed by atoms with Crippen molar-refractivity contribution in [1.82, 2.24) is 4.90 Å². The van der Waals surface area contributed by atoms with Gasteiger partial charge in [0.15, 0.2) is 0 Å². The van der Waals surface area contributed by atoms with E-state index in [0.717, 1.165) is 17.3 Å². The first kappa shape index (κ1) is 19.9. The molecule has 0 saturated carbocycles. The van der Waals surface area contributed by atoms with E-state index >= 15 is 0 Å². The highest BCUT2D eigenvalue weighted by Crippen LogP contribution is 2.34. The molecule has 1 aliphatic heterocycles. The lowest BCUT2D eigenvalue weighted by Gasteiger charge is -2.23. The number of amides is 1. The standard InChI is InChI=1S/C20H30N2O2S/c1-13(2)16-7-6-8-17(14(3)4)20(16)21-19(24)11-22-12-25-18(9-10-23)15(22)5/h6-8,13-14,23H,9-12H2,1-5H3,(H,21,24). The Bertz CT molecular complexity index is 627. The van der Waals surface area contributed by atoms with Crippen LogP contribution in [0.1, 0.15) is 64.0 Å². The minimum absolute atomic E-state index is 0.0141. The summed E-state index contributed by atoms with van der Waals surface area (Å²) in [5.41, 5.74) is 4.45. The number of rotatable bonds is 7. The van der Waals surface area contributed by atoms with E-state index in [4.69, 9.17) is 5.11 Å². The fraction of sp³-hybridized carbons (Fsp3) is 0.550. The number of carbonyl (C=O) groups is 1. The second-order valence-corrected chi connectivity index (χ2v) is 8.16. The van der Waals surface area contributed by atoms with Crippen LogP contribution >= 0.6 is 11.8 Å². The van der Waals surface area contributed by atoms with E-state index in [-0.39, 0.29) is 12.5 Å². The Morgan fingerprint density at radius 2 is 1.84 bits per heavy atom. The van der Waals surface area contributed by atoms with Crippen LogP contribution in [0.3, 0.4) is 0 Å². The molecule has 138 valence electrons. The number of allylic oxidation sites excluding steroid dienone is 1. The maximum atomic E-state index is 12.7. The number of carbonyl (C=O) groups excluding carboxylic acids is 1. The van der Waals surface area contributed by atoms with Gasteiger partial charge in [-0.3, -0.25) is 4.79 Å². The molecule has 2 N–H and O–H groups in total. The molecule has 0 unspecified atom stereocenters. The van der Waals surface area contributed by atoms with Gasteiger partial charge in [-0.1, -0.05) is 45.9 Å². The van der Waals surface area contributed by atoms with E-state index in [1.807, 2.05) is 6.92 Å². The van der Waals surface area contributed by atoms with Crippen LogP contribution in [0.25, 0.3) is 0 Å². The molecular weight excluding hydrogens is 332 g/mol. The summed E-state index contributed by atoms with van der Waals surface area (Å²) in [5, 5.41) is 12.3. The predicted molar refractivity (Wildman–Crippen MR) is 107 cm³/mol. The minimum atomic E-state index is 0.0141. The van der Waals surface area contributed by atoms with Crippen LogP contribution in [0.15, 0.2) is 28.8 Å². The van der Waals surface area contributed by atoms with Crippen molar-refractivity contribution in [2.75, 3.05) is 24.3 Å². The third-order valence-electron chi connectivity index (χ3n) is 4.58. The van der Waals surface area contributed by atoms with Gasteiger partial charge in [0.2, 0.25) is 5.91 Å². The smallest absolute Gasteiger partial charge is 0.243 e. The second kappa shape index (κ2) is 8.77. The first-order valence-electron chi connectivity index (χ1n) is 8.96. The summed E-state index contributed by atoms with van der Waals surface area (Å²) in [6.07, 6.45) is 0.669. The maximum absolute atomic E-state index is 12.7. The Hall–Kier alpha value is -1.46. The van der Waals surface area contributed by atoms with Crippen LogP contribution in [0.4, 0.5) is 5.69 Å². The van der Waals surface area contributed by atoms with Gasteiger partial charge >= 0.3 is 0 Å². The number of hydrogen-bond donors (Lipinski definition) is 2. The highest BCUT2D eigenvalue weighted by Gasteiger charge is 2.22. The average Bonchev–Trinajstić information content (AvgIpc) is 2.88. The lowest BCUT2D eigenvalue weighted by Crippen LogP contribution is -2.30. The lowest BCUT2D eigenvalue weighted by atomic mass is 9.92. The molecule has 0 bridgehead atoms. The molecule has 0 radical (unpaired) electrons. The number of para-hydroxylation sites is 1.